The second-order valence-electron chi connectivity index (χ2n) is 7.43. The number of nitrogens with zero attached hydrogens (tertiary/aromatic N) is 3. The van der Waals surface area contributed by atoms with Gasteiger partial charge in [0.25, 0.3) is 5.91 Å². The second kappa shape index (κ2) is 10.1. The maximum atomic E-state index is 12.8. The van der Waals surface area contributed by atoms with Crippen molar-refractivity contribution in [2.75, 3.05) is 11.9 Å². The SMILES string of the molecule is Cc1ccc(Sc2ncccc2C(=O)NCC(=O)Nc2ccc(-n3cccn3)cc2)cc1C. The molecule has 0 bridgehead atoms. The number of carbonyl (C=O) groups is 2. The molecule has 166 valence electrons. The summed E-state index contributed by atoms with van der Waals surface area (Å²) < 4.78 is 1.73. The minimum Gasteiger partial charge on any atom is -0.343 e. The number of pyridine rings is 1. The van der Waals surface area contributed by atoms with Crippen molar-refractivity contribution in [3.63, 3.8) is 0 Å². The van der Waals surface area contributed by atoms with Crippen LogP contribution >= 0.6 is 11.8 Å². The third-order valence-corrected chi connectivity index (χ3v) is 6.05. The van der Waals surface area contributed by atoms with Crippen molar-refractivity contribution in [2.24, 2.45) is 0 Å². The van der Waals surface area contributed by atoms with Gasteiger partial charge < -0.3 is 10.6 Å². The van der Waals surface area contributed by atoms with Crippen LogP contribution in [-0.2, 0) is 4.79 Å². The Balaban J connectivity index is 1.35. The molecule has 0 saturated heterocycles. The van der Waals surface area contributed by atoms with Gasteiger partial charge in [0.05, 0.1) is 17.8 Å². The summed E-state index contributed by atoms with van der Waals surface area (Å²) in [7, 11) is 0. The van der Waals surface area contributed by atoms with Crippen LogP contribution in [0.1, 0.15) is 21.5 Å². The Labute approximate surface area is 196 Å². The predicted molar refractivity (Wildman–Crippen MR) is 129 cm³/mol. The van der Waals surface area contributed by atoms with Crippen LogP contribution in [0.25, 0.3) is 5.69 Å². The van der Waals surface area contributed by atoms with Gasteiger partial charge in [0, 0.05) is 29.2 Å². The van der Waals surface area contributed by atoms with Gasteiger partial charge in [-0.15, -0.1) is 0 Å². The van der Waals surface area contributed by atoms with E-state index in [0.717, 1.165) is 10.6 Å². The van der Waals surface area contributed by atoms with E-state index in [1.807, 2.05) is 36.5 Å². The van der Waals surface area contributed by atoms with E-state index in [9.17, 15) is 9.59 Å². The normalized spacial score (nSPS) is 10.6. The molecule has 0 unspecified atom stereocenters. The molecule has 0 aliphatic heterocycles. The third kappa shape index (κ3) is 5.67. The highest BCUT2D eigenvalue weighted by molar-refractivity contribution is 7.99. The monoisotopic (exact) mass is 457 g/mol. The molecule has 2 heterocycles. The lowest BCUT2D eigenvalue weighted by Crippen LogP contribution is -2.33. The summed E-state index contributed by atoms with van der Waals surface area (Å²) in [4.78, 5) is 30.5. The van der Waals surface area contributed by atoms with Gasteiger partial charge in [0.1, 0.15) is 5.03 Å². The first-order valence-electron chi connectivity index (χ1n) is 10.4. The number of hydrogen-bond acceptors (Lipinski definition) is 5. The van der Waals surface area contributed by atoms with Crippen molar-refractivity contribution < 1.29 is 9.59 Å². The molecule has 0 spiro atoms. The minimum absolute atomic E-state index is 0.150. The highest BCUT2D eigenvalue weighted by Crippen LogP contribution is 2.29. The number of carbonyl (C=O) groups excluding carboxylic acids is 2. The van der Waals surface area contributed by atoms with Crippen LogP contribution in [0.5, 0.6) is 0 Å². The van der Waals surface area contributed by atoms with Gasteiger partial charge in [0.15, 0.2) is 0 Å². The number of amides is 2. The van der Waals surface area contributed by atoms with Gasteiger partial charge in [-0.3, -0.25) is 9.59 Å². The highest BCUT2D eigenvalue weighted by Gasteiger charge is 2.15. The summed E-state index contributed by atoms with van der Waals surface area (Å²) in [6.45, 7) is 3.96. The molecule has 4 aromatic rings. The van der Waals surface area contributed by atoms with Crippen molar-refractivity contribution in [3.8, 4) is 5.69 Å². The maximum absolute atomic E-state index is 12.8. The molecule has 0 aliphatic carbocycles. The molecule has 33 heavy (non-hydrogen) atoms. The molecule has 8 heteroatoms. The number of aryl methyl sites for hydroxylation is 2. The predicted octanol–water partition coefficient (Wildman–Crippen LogP) is 4.40. The van der Waals surface area contributed by atoms with Crippen LogP contribution in [0, 0.1) is 13.8 Å². The molecular formula is C25H23N5O2S. The van der Waals surface area contributed by atoms with E-state index in [1.165, 1.54) is 22.9 Å². The Morgan fingerprint density at radius 2 is 1.79 bits per heavy atom. The molecule has 2 amide bonds. The summed E-state index contributed by atoms with van der Waals surface area (Å²) in [5.74, 6) is -0.666. The molecule has 2 aromatic carbocycles. The van der Waals surface area contributed by atoms with E-state index >= 15 is 0 Å². The van der Waals surface area contributed by atoms with E-state index < -0.39 is 0 Å². The number of nitrogens with one attached hydrogen (secondary N) is 2. The Bertz CT molecular complexity index is 1270. The topological polar surface area (TPSA) is 88.9 Å². The minimum atomic E-state index is -0.349. The molecule has 2 N–H and O–H groups in total. The second-order valence-corrected chi connectivity index (χ2v) is 8.49. The van der Waals surface area contributed by atoms with Crippen molar-refractivity contribution in [3.05, 3.63) is 95.9 Å². The fourth-order valence-electron chi connectivity index (χ4n) is 3.11. The molecule has 2 aromatic heterocycles. The summed E-state index contributed by atoms with van der Waals surface area (Å²) in [5, 5.41) is 10.2. The zero-order chi connectivity index (χ0) is 23.2. The molecule has 0 fully saturated rings. The molecule has 0 saturated carbocycles. The van der Waals surface area contributed by atoms with Gasteiger partial charge in [-0.1, -0.05) is 17.8 Å². The smallest absolute Gasteiger partial charge is 0.254 e. The average molecular weight is 458 g/mol. The van der Waals surface area contributed by atoms with Crippen molar-refractivity contribution >= 4 is 29.3 Å². The Morgan fingerprint density at radius 3 is 2.52 bits per heavy atom. The van der Waals surface area contributed by atoms with Gasteiger partial charge in [0.2, 0.25) is 5.91 Å². The molecule has 7 nitrogen and oxygen atoms in total. The first-order chi connectivity index (χ1) is 16.0. The molecule has 4 rings (SSSR count). The number of benzene rings is 2. The summed E-state index contributed by atoms with van der Waals surface area (Å²) in [6.07, 6.45) is 5.19. The van der Waals surface area contributed by atoms with Crippen molar-refractivity contribution in [1.29, 1.82) is 0 Å². The van der Waals surface area contributed by atoms with Gasteiger partial charge >= 0.3 is 0 Å². The number of anilines is 1. The zero-order valence-electron chi connectivity index (χ0n) is 18.3. The standard InChI is InChI=1S/C25H23N5O2S/c1-17-6-11-21(15-18(17)2)33-25-22(5-3-12-26-25)24(32)27-16-23(31)29-19-7-9-20(10-8-19)30-14-4-13-28-30/h3-15H,16H2,1-2H3,(H,27,32)(H,29,31). The third-order valence-electron chi connectivity index (χ3n) is 5.04. The fourth-order valence-corrected chi connectivity index (χ4v) is 4.09. The van der Waals surface area contributed by atoms with Gasteiger partial charge in [-0.2, -0.15) is 5.10 Å². The van der Waals surface area contributed by atoms with E-state index in [2.05, 4.69) is 40.6 Å². The molecular weight excluding hydrogens is 434 g/mol. The Hall–Kier alpha value is -3.91. The first-order valence-corrected chi connectivity index (χ1v) is 11.2. The van der Waals surface area contributed by atoms with Crippen LogP contribution in [0.2, 0.25) is 0 Å². The van der Waals surface area contributed by atoms with Gasteiger partial charge in [-0.05, 0) is 79.6 Å². The van der Waals surface area contributed by atoms with Crippen molar-refractivity contribution in [2.45, 2.75) is 23.8 Å². The summed E-state index contributed by atoms with van der Waals surface area (Å²) in [5.41, 5.74) is 4.34. The van der Waals surface area contributed by atoms with Crippen LogP contribution in [-0.4, -0.2) is 33.1 Å². The van der Waals surface area contributed by atoms with Crippen LogP contribution in [0.4, 0.5) is 5.69 Å². The van der Waals surface area contributed by atoms with Crippen molar-refractivity contribution in [1.82, 2.24) is 20.1 Å². The molecule has 0 radical (unpaired) electrons. The highest BCUT2D eigenvalue weighted by atomic mass is 32.2. The van der Waals surface area contributed by atoms with E-state index in [-0.39, 0.29) is 18.4 Å². The Morgan fingerprint density at radius 1 is 0.970 bits per heavy atom. The largest absolute Gasteiger partial charge is 0.343 e. The van der Waals surface area contributed by atoms with Gasteiger partial charge in [-0.25, -0.2) is 9.67 Å². The fraction of sp³-hybridized carbons (Fsp3) is 0.120. The van der Waals surface area contributed by atoms with E-state index in [1.54, 1.807) is 41.3 Å². The average Bonchev–Trinajstić information content (AvgIpc) is 3.36. The van der Waals surface area contributed by atoms with E-state index in [0.29, 0.717) is 16.3 Å². The quantitative estimate of drug-likeness (QED) is 0.429. The number of aromatic nitrogens is 3. The Kier molecular flexibility index (Phi) is 6.85. The van der Waals surface area contributed by atoms with Crippen LogP contribution in [0.3, 0.4) is 0 Å². The lowest BCUT2D eigenvalue weighted by molar-refractivity contribution is -0.115. The van der Waals surface area contributed by atoms with Crippen LogP contribution in [0.15, 0.2) is 89.2 Å². The molecule has 0 atom stereocenters. The summed E-state index contributed by atoms with van der Waals surface area (Å²) >= 11 is 1.42. The maximum Gasteiger partial charge on any atom is 0.254 e. The molecule has 0 aliphatic rings. The van der Waals surface area contributed by atoms with E-state index in [4.69, 9.17) is 0 Å². The van der Waals surface area contributed by atoms with Crippen LogP contribution < -0.4 is 10.6 Å². The summed E-state index contributed by atoms with van der Waals surface area (Å²) in [6, 6.07) is 18.7. The first kappa shape index (κ1) is 22.3. The lowest BCUT2D eigenvalue weighted by Gasteiger charge is -2.11. The number of hydrogen-bond donors (Lipinski definition) is 2. The zero-order valence-corrected chi connectivity index (χ0v) is 19.1. The lowest BCUT2D eigenvalue weighted by atomic mass is 10.1. The number of rotatable bonds is 7.